The molecular formula is C14H22ClN. The Morgan fingerprint density at radius 2 is 1.69 bits per heavy atom. The maximum atomic E-state index is 6.17. The fourth-order valence-electron chi connectivity index (χ4n) is 1.48. The van der Waals surface area contributed by atoms with Gasteiger partial charge in [-0.3, -0.25) is 0 Å². The first kappa shape index (κ1) is 13.5. The first-order chi connectivity index (χ1) is 7.63. The Balaban J connectivity index is 2.31. The van der Waals surface area contributed by atoms with Crippen LogP contribution in [-0.4, -0.2) is 11.9 Å². The monoisotopic (exact) mass is 239 g/mol. The summed E-state index contributed by atoms with van der Waals surface area (Å²) in [6, 6.07) is 8.75. The zero-order chi connectivity index (χ0) is 12.0. The largest absolute Gasteiger partial charge is 0.311 e. The van der Waals surface area contributed by atoms with Gasteiger partial charge in [0, 0.05) is 18.5 Å². The Morgan fingerprint density at radius 1 is 1.12 bits per heavy atom. The summed E-state index contributed by atoms with van der Waals surface area (Å²) in [5.74, 6) is 0.525. The molecule has 0 aliphatic heterocycles. The molecule has 1 nitrogen and oxygen atoms in total. The summed E-state index contributed by atoms with van der Waals surface area (Å²) in [5, 5.41) is 3.61. The van der Waals surface area contributed by atoms with Crippen LogP contribution in [0.4, 0.5) is 0 Å². The Kier molecular flexibility index (Phi) is 5.86. The lowest BCUT2D eigenvalue weighted by Crippen LogP contribution is -2.26. The maximum Gasteiger partial charge on any atom is 0.0483 e. The molecule has 0 heterocycles. The second kappa shape index (κ2) is 6.93. The van der Waals surface area contributed by atoms with Crippen LogP contribution in [0.5, 0.6) is 0 Å². The van der Waals surface area contributed by atoms with Crippen LogP contribution < -0.4 is 5.32 Å². The number of hydrogen-bond acceptors (Lipinski definition) is 1. The average molecular weight is 240 g/mol. The van der Waals surface area contributed by atoms with Gasteiger partial charge in [-0.2, -0.15) is 0 Å². The van der Waals surface area contributed by atoms with Gasteiger partial charge in [-0.25, -0.2) is 0 Å². The SMILES string of the molecule is CCc1ccc(CNCC(Cl)C(C)C)cc1. The molecule has 90 valence electrons. The quantitative estimate of drug-likeness (QED) is 0.748. The maximum absolute atomic E-state index is 6.17. The van der Waals surface area contributed by atoms with Crippen LogP contribution in [0.2, 0.25) is 0 Å². The molecule has 16 heavy (non-hydrogen) atoms. The van der Waals surface area contributed by atoms with Crippen molar-refractivity contribution in [2.45, 2.75) is 39.1 Å². The van der Waals surface area contributed by atoms with Crippen LogP contribution in [0, 0.1) is 5.92 Å². The standard InChI is InChI=1S/C14H22ClN/c1-4-12-5-7-13(8-6-12)9-16-10-14(15)11(2)3/h5-8,11,14,16H,4,9-10H2,1-3H3. The molecule has 0 radical (unpaired) electrons. The van der Waals surface area contributed by atoms with Gasteiger partial charge in [0.2, 0.25) is 0 Å². The van der Waals surface area contributed by atoms with Gasteiger partial charge in [0.15, 0.2) is 0 Å². The molecule has 0 bridgehead atoms. The summed E-state index contributed by atoms with van der Waals surface area (Å²) in [6.07, 6.45) is 1.10. The minimum atomic E-state index is 0.218. The van der Waals surface area contributed by atoms with Gasteiger partial charge in [0.25, 0.3) is 0 Å². The van der Waals surface area contributed by atoms with E-state index in [0.29, 0.717) is 5.92 Å². The molecule has 0 fully saturated rings. The van der Waals surface area contributed by atoms with Crippen molar-refractivity contribution in [3.8, 4) is 0 Å². The van der Waals surface area contributed by atoms with E-state index in [9.17, 15) is 0 Å². The smallest absolute Gasteiger partial charge is 0.0483 e. The van der Waals surface area contributed by atoms with E-state index in [0.717, 1.165) is 19.5 Å². The normalized spacial score (nSPS) is 13.1. The van der Waals surface area contributed by atoms with E-state index in [-0.39, 0.29) is 5.38 Å². The predicted molar refractivity (Wildman–Crippen MR) is 72.0 cm³/mol. The van der Waals surface area contributed by atoms with Gasteiger partial charge < -0.3 is 5.32 Å². The third-order valence-corrected chi connectivity index (χ3v) is 3.48. The van der Waals surface area contributed by atoms with Gasteiger partial charge in [-0.05, 0) is 23.5 Å². The number of halogens is 1. The molecule has 0 spiro atoms. The van der Waals surface area contributed by atoms with E-state index in [4.69, 9.17) is 11.6 Å². The molecular weight excluding hydrogens is 218 g/mol. The van der Waals surface area contributed by atoms with E-state index in [2.05, 4.69) is 50.4 Å². The lowest BCUT2D eigenvalue weighted by atomic mass is 10.1. The number of rotatable bonds is 6. The molecule has 0 aliphatic carbocycles. The highest BCUT2D eigenvalue weighted by atomic mass is 35.5. The van der Waals surface area contributed by atoms with Crippen LogP contribution in [-0.2, 0) is 13.0 Å². The van der Waals surface area contributed by atoms with Crippen molar-refractivity contribution in [2.75, 3.05) is 6.54 Å². The van der Waals surface area contributed by atoms with Gasteiger partial charge in [0.1, 0.15) is 0 Å². The lowest BCUT2D eigenvalue weighted by molar-refractivity contribution is 0.546. The van der Waals surface area contributed by atoms with Crippen molar-refractivity contribution in [2.24, 2.45) is 5.92 Å². The number of hydrogen-bond donors (Lipinski definition) is 1. The summed E-state index contributed by atoms with van der Waals surface area (Å²) in [7, 11) is 0. The van der Waals surface area contributed by atoms with Crippen molar-refractivity contribution in [1.82, 2.24) is 5.32 Å². The van der Waals surface area contributed by atoms with E-state index < -0.39 is 0 Å². The minimum absolute atomic E-state index is 0.218. The molecule has 1 rings (SSSR count). The van der Waals surface area contributed by atoms with Crippen LogP contribution in [0.15, 0.2) is 24.3 Å². The van der Waals surface area contributed by atoms with Gasteiger partial charge in [0.05, 0.1) is 0 Å². The van der Waals surface area contributed by atoms with Gasteiger partial charge in [-0.15, -0.1) is 11.6 Å². The summed E-state index contributed by atoms with van der Waals surface area (Å²) < 4.78 is 0. The number of benzene rings is 1. The predicted octanol–water partition coefficient (Wildman–Crippen LogP) is 3.60. The highest BCUT2D eigenvalue weighted by Crippen LogP contribution is 2.09. The molecule has 2 heteroatoms. The van der Waals surface area contributed by atoms with Crippen molar-refractivity contribution >= 4 is 11.6 Å². The van der Waals surface area contributed by atoms with Crippen molar-refractivity contribution in [3.63, 3.8) is 0 Å². The lowest BCUT2D eigenvalue weighted by Gasteiger charge is -2.14. The van der Waals surface area contributed by atoms with Crippen LogP contribution in [0.25, 0.3) is 0 Å². The molecule has 1 aromatic rings. The van der Waals surface area contributed by atoms with Gasteiger partial charge in [-0.1, -0.05) is 45.0 Å². The third-order valence-electron chi connectivity index (χ3n) is 2.82. The van der Waals surface area contributed by atoms with Crippen LogP contribution in [0.1, 0.15) is 31.9 Å². The number of alkyl halides is 1. The highest BCUT2D eigenvalue weighted by molar-refractivity contribution is 6.20. The van der Waals surface area contributed by atoms with E-state index >= 15 is 0 Å². The minimum Gasteiger partial charge on any atom is -0.311 e. The van der Waals surface area contributed by atoms with E-state index in [1.165, 1.54) is 11.1 Å². The molecule has 0 saturated carbocycles. The summed E-state index contributed by atoms with van der Waals surface area (Å²) in [6.45, 7) is 8.24. The van der Waals surface area contributed by atoms with E-state index in [1.54, 1.807) is 0 Å². The summed E-state index contributed by atoms with van der Waals surface area (Å²) in [4.78, 5) is 0. The fourth-order valence-corrected chi connectivity index (χ4v) is 1.59. The Labute approximate surface area is 104 Å². The Hall–Kier alpha value is -0.530. The molecule has 0 aromatic heterocycles. The highest BCUT2D eigenvalue weighted by Gasteiger charge is 2.08. The molecule has 0 aliphatic rings. The first-order valence-electron chi connectivity index (χ1n) is 6.06. The average Bonchev–Trinajstić information content (AvgIpc) is 2.29. The van der Waals surface area contributed by atoms with Crippen molar-refractivity contribution < 1.29 is 0 Å². The fraction of sp³-hybridized carbons (Fsp3) is 0.571. The molecule has 1 N–H and O–H groups in total. The molecule has 0 amide bonds. The van der Waals surface area contributed by atoms with Crippen molar-refractivity contribution in [3.05, 3.63) is 35.4 Å². The topological polar surface area (TPSA) is 12.0 Å². The van der Waals surface area contributed by atoms with Gasteiger partial charge >= 0.3 is 0 Å². The molecule has 1 aromatic carbocycles. The zero-order valence-corrected chi connectivity index (χ0v) is 11.2. The molecule has 0 saturated heterocycles. The first-order valence-corrected chi connectivity index (χ1v) is 6.49. The second-order valence-electron chi connectivity index (χ2n) is 4.56. The van der Waals surface area contributed by atoms with Crippen LogP contribution in [0.3, 0.4) is 0 Å². The summed E-state index contributed by atoms with van der Waals surface area (Å²) in [5.41, 5.74) is 2.71. The third kappa shape index (κ3) is 4.54. The van der Waals surface area contributed by atoms with E-state index in [1.807, 2.05) is 0 Å². The Morgan fingerprint density at radius 3 is 2.19 bits per heavy atom. The zero-order valence-electron chi connectivity index (χ0n) is 10.5. The van der Waals surface area contributed by atoms with Crippen LogP contribution >= 0.6 is 11.6 Å². The number of nitrogens with one attached hydrogen (secondary N) is 1. The second-order valence-corrected chi connectivity index (χ2v) is 5.12. The number of aryl methyl sites for hydroxylation is 1. The van der Waals surface area contributed by atoms with Crippen molar-refractivity contribution in [1.29, 1.82) is 0 Å². The Bertz CT molecular complexity index is 292. The summed E-state index contributed by atoms with van der Waals surface area (Å²) >= 11 is 6.17. The molecule has 1 unspecified atom stereocenters. The molecule has 1 atom stereocenters.